The molecule has 1 aromatic heterocycles. The number of benzene rings is 1. The van der Waals surface area contributed by atoms with Gasteiger partial charge in [-0.25, -0.2) is 9.97 Å². The Hall–Kier alpha value is -2.43. The van der Waals surface area contributed by atoms with E-state index < -0.39 is 0 Å². The van der Waals surface area contributed by atoms with E-state index in [1.807, 2.05) is 25.1 Å². The summed E-state index contributed by atoms with van der Waals surface area (Å²) >= 11 is 0. The van der Waals surface area contributed by atoms with E-state index in [-0.39, 0.29) is 11.9 Å². The van der Waals surface area contributed by atoms with Crippen molar-refractivity contribution in [2.75, 3.05) is 11.9 Å². The fourth-order valence-corrected chi connectivity index (χ4v) is 2.97. The summed E-state index contributed by atoms with van der Waals surface area (Å²) < 4.78 is 0. The van der Waals surface area contributed by atoms with Crippen LogP contribution in [0.4, 0.5) is 5.82 Å². The fraction of sp³-hybridized carbons (Fsp3) is 0.389. The molecule has 1 amide bonds. The minimum absolute atomic E-state index is 0.111. The number of aryl methyl sites for hydroxylation is 1. The Labute approximate surface area is 136 Å². The standard InChI is InChI=1S/C18H22N4O/c1-11(2)15(13-7-5-4-6-8-13)22-17-14-9-10-19-18(23)16(14)20-12(3)21-17/h4-8,11,15H,9-10H2,1-3H3,(H,19,23)(H,20,21,22). The first kappa shape index (κ1) is 15.5. The topological polar surface area (TPSA) is 66.9 Å². The number of rotatable bonds is 4. The van der Waals surface area contributed by atoms with Crippen molar-refractivity contribution in [3.05, 3.63) is 53.0 Å². The first-order valence-corrected chi connectivity index (χ1v) is 8.03. The van der Waals surface area contributed by atoms with Crippen LogP contribution in [0.15, 0.2) is 30.3 Å². The van der Waals surface area contributed by atoms with Crippen LogP contribution in [0.2, 0.25) is 0 Å². The van der Waals surface area contributed by atoms with Crippen molar-refractivity contribution in [2.24, 2.45) is 5.92 Å². The Morgan fingerprint density at radius 3 is 2.61 bits per heavy atom. The smallest absolute Gasteiger partial charge is 0.270 e. The average molecular weight is 310 g/mol. The van der Waals surface area contributed by atoms with E-state index in [1.54, 1.807) is 0 Å². The molecule has 0 bridgehead atoms. The van der Waals surface area contributed by atoms with Crippen LogP contribution >= 0.6 is 0 Å². The Bertz CT molecular complexity index is 712. The minimum atomic E-state index is -0.111. The van der Waals surface area contributed by atoms with Crippen LogP contribution in [0, 0.1) is 12.8 Å². The van der Waals surface area contributed by atoms with Gasteiger partial charge in [0.1, 0.15) is 17.3 Å². The van der Waals surface area contributed by atoms with Gasteiger partial charge >= 0.3 is 0 Å². The summed E-state index contributed by atoms with van der Waals surface area (Å²) in [7, 11) is 0. The quantitative estimate of drug-likeness (QED) is 0.911. The maximum absolute atomic E-state index is 12.1. The van der Waals surface area contributed by atoms with E-state index in [1.165, 1.54) is 5.56 Å². The molecule has 1 aromatic carbocycles. The van der Waals surface area contributed by atoms with Crippen LogP contribution in [0.1, 0.15) is 47.3 Å². The Morgan fingerprint density at radius 2 is 1.91 bits per heavy atom. The lowest BCUT2D eigenvalue weighted by Crippen LogP contribution is -2.34. The number of hydrogen-bond donors (Lipinski definition) is 2. The SMILES string of the molecule is Cc1nc(NC(c2ccccc2)C(C)C)c2c(n1)C(=O)NCC2. The molecule has 1 aliphatic heterocycles. The number of aromatic nitrogens is 2. The van der Waals surface area contributed by atoms with Gasteiger partial charge in [0.15, 0.2) is 0 Å². The van der Waals surface area contributed by atoms with Crippen LogP contribution in [0.25, 0.3) is 0 Å². The molecule has 2 aromatic rings. The van der Waals surface area contributed by atoms with Crippen LogP contribution in [-0.2, 0) is 6.42 Å². The Balaban J connectivity index is 2.00. The first-order chi connectivity index (χ1) is 11.1. The second-order valence-electron chi connectivity index (χ2n) is 6.23. The molecule has 2 N–H and O–H groups in total. The molecule has 23 heavy (non-hydrogen) atoms. The van der Waals surface area contributed by atoms with Crippen molar-refractivity contribution < 1.29 is 4.79 Å². The van der Waals surface area contributed by atoms with Crippen LogP contribution in [0.3, 0.4) is 0 Å². The van der Waals surface area contributed by atoms with Gasteiger partial charge in [-0.05, 0) is 24.8 Å². The molecule has 0 aliphatic carbocycles. The first-order valence-electron chi connectivity index (χ1n) is 8.03. The highest BCUT2D eigenvalue weighted by atomic mass is 16.1. The molecule has 0 radical (unpaired) electrons. The summed E-state index contributed by atoms with van der Waals surface area (Å²) in [6.07, 6.45) is 0.753. The van der Waals surface area contributed by atoms with Gasteiger partial charge < -0.3 is 10.6 Å². The summed E-state index contributed by atoms with van der Waals surface area (Å²) in [6.45, 7) is 6.81. The second-order valence-corrected chi connectivity index (χ2v) is 6.23. The van der Waals surface area contributed by atoms with E-state index >= 15 is 0 Å². The molecule has 0 saturated carbocycles. The number of nitrogens with one attached hydrogen (secondary N) is 2. The lowest BCUT2D eigenvalue weighted by atomic mass is 9.95. The minimum Gasteiger partial charge on any atom is -0.363 e. The summed E-state index contributed by atoms with van der Waals surface area (Å²) in [6, 6.07) is 10.5. The second kappa shape index (κ2) is 6.36. The van der Waals surface area contributed by atoms with Gasteiger partial charge in [-0.15, -0.1) is 0 Å². The van der Waals surface area contributed by atoms with E-state index in [0.717, 1.165) is 17.8 Å². The van der Waals surface area contributed by atoms with E-state index in [2.05, 4.69) is 46.6 Å². The van der Waals surface area contributed by atoms with E-state index in [0.29, 0.717) is 24.0 Å². The van der Waals surface area contributed by atoms with Crippen LogP contribution in [0.5, 0.6) is 0 Å². The molecule has 0 fully saturated rings. The number of nitrogens with zero attached hydrogens (tertiary/aromatic N) is 2. The summed E-state index contributed by atoms with van der Waals surface area (Å²) in [5.74, 6) is 1.67. The summed E-state index contributed by atoms with van der Waals surface area (Å²) in [5.41, 5.74) is 2.63. The van der Waals surface area contributed by atoms with Crippen molar-refractivity contribution in [1.29, 1.82) is 0 Å². The number of carbonyl (C=O) groups excluding carboxylic acids is 1. The number of hydrogen-bond acceptors (Lipinski definition) is 4. The molecule has 0 saturated heterocycles. The molecule has 2 heterocycles. The largest absolute Gasteiger partial charge is 0.363 e. The molecule has 5 heteroatoms. The third kappa shape index (κ3) is 3.18. The summed E-state index contributed by atoms with van der Waals surface area (Å²) in [5, 5.41) is 6.40. The zero-order chi connectivity index (χ0) is 16.4. The van der Waals surface area contributed by atoms with Crippen LogP contribution < -0.4 is 10.6 Å². The van der Waals surface area contributed by atoms with Crippen molar-refractivity contribution in [3.63, 3.8) is 0 Å². The fourth-order valence-electron chi connectivity index (χ4n) is 2.97. The molecule has 1 atom stereocenters. The highest BCUT2D eigenvalue weighted by molar-refractivity contribution is 5.96. The van der Waals surface area contributed by atoms with Gasteiger partial charge in [-0.3, -0.25) is 4.79 Å². The summed E-state index contributed by atoms with van der Waals surface area (Å²) in [4.78, 5) is 20.9. The molecule has 5 nitrogen and oxygen atoms in total. The predicted molar refractivity (Wildman–Crippen MR) is 90.4 cm³/mol. The van der Waals surface area contributed by atoms with Crippen molar-refractivity contribution >= 4 is 11.7 Å². The normalized spacial score (nSPS) is 15.0. The average Bonchev–Trinajstić information content (AvgIpc) is 2.54. The van der Waals surface area contributed by atoms with Gasteiger partial charge in [-0.1, -0.05) is 44.2 Å². The molecule has 1 aliphatic rings. The van der Waals surface area contributed by atoms with E-state index in [4.69, 9.17) is 0 Å². The number of amides is 1. The molecule has 0 spiro atoms. The van der Waals surface area contributed by atoms with Crippen molar-refractivity contribution in [3.8, 4) is 0 Å². The molecule has 1 unspecified atom stereocenters. The van der Waals surface area contributed by atoms with Crippen molar-refractivity contribution in [1.82, 2.24) is 15.3 Å². The van der Waals surface area contributed by atoms with Gasteiger partial charge in [0.2, 0.25) is 0 Å². The molecular weight excluding hydrogens is 288 g/mol. The third-order valence-electron chi connectivity index (χ3n) is 4.11. The highest BCUT2D eigenvalue weighted by Gasteiger charge is 2.25. The van der Waals surface area contributed by atoms with Crippen molar-refractivity contribution in [2.45, 2.75) is 33.2 Å². The number of carbonyl (C=O) groups is 1. The number of fused-ring (bicyclic) bond motifs is 1. The maximum atomic E-state index is 12.1. The lowest BCUT2D eigenvalue weighted by Gasteiger charge is -2.26. The molecule has 3 rings (SSSR count). The highest BCUT2D eigenvalue weighted by Crippen LogP contribution is 2.29. The monoisotopic (exact) mass is 310 g/mol. The zero-order valence-electron chi connectivity index (χ0n) is 13.8. The molecular formula is C18H22N4O. The van der Waals surface area contributed by atoms with E-state index in [9.17, 15) is 4.79 Å². The predicted octanol–water partition coefficient (Wildman–Crippen LogP) is 2.88. The third-order valence-corrected chi connectivity index (χ3v) is 4.11. The maximum Gasteiger partial charge on any atom is 0.270 e. The Kier molecular flexibility index (Phi) is 4.28. The van der Waals surface area contributed by atoms with Gasteiger partial charge in [0, 0.05) is 12.1 Å². The molecule has 120 valence electrons. The van der Waals surface area contributed by atoms with Gasteiger partial charge in [0.25, 0.3) is 5.91 Å². The van der Waals surface area contributed by atoms with Gasteiger partial charge in [-0.2, -0.15) is 0 Å². The number of anilines is 1. The zero-order valence-corrected chi connectivity index (χ0v) is 13.8. The Morgan fingerprint density at radius 1 is 1.17 bits per heavy atom. The lowest BCUT2D eigenvalue weighted by molar-refractivity contribution is 0.0940. The van der Waals surface area contributed by atoms with Gasteiger partial charge in [0.05, 0.1) is 6.04 Å². The van der Waals surface area contributed by atoms with Crippen LogP contribution in [-0.4, -0.2) is 22.4 Å².